The standard InChI is InChI=1S/C15H18N4O3/c20-14(21)13-5-3-12(4-6-13)11-17-15(22)16-7-1-9-19-10-2-8-18-19/h2-6,8,10H,1,7,9,11H2,(H,20,21)(H2,16,17,22). The van der Waals surface area contributed by atoms with E-state index in [-0.39, 0.29) is 11.6 Å². The lowest BCUT2D eigenvalue weighted by atomic mass is 10.1. The van der Waals surface area contributed by atoms with Crippen LogP contribution in [0.5, 0.6) is 0 Å². The van der Waals surface area contributed by atoms with Gasteiger partial charge in [-0.25, -0.2) is 9.59 Å². The molecule has 116 valence electrons. The van der Waals surface area contributed by atoms with E-state index in [4.69, 9.17) is 5.11 Å². The van der Waals surface area contributed by atoms with E-state index in [1.54, 1.807) is 18.3 Å². The molecule has 0 fully saturated rings. The summed E-state index contributed by atoms with van der Waals surface area (Å²) in [6, 6.07) is 8.00. The largest absolute Gasteiger partial charge is 0.478 e. The maximum absolute atomic E-state index is 11.6. The molecule has 22 heavy (non-hydrogen) atoms. The number of hydrogen-bond donors (Lipinski definition) is 3. The average Bonchev–Trinajstić information content (AvgIpc) is 3.03. The van der Waals surface area contributed by atoms with Gasteiger partial charge in [0.2, 0.25) is 0 Å². The number of urea groups is 1. The third-order valence-electron chi connectivity index (χ3n) is 3.06. The predicted octanol–water partition coefficient (Wildman–Crippen LogP) is 1.47. The highest BCUT2D eigenvalue weighted by Gasteiger charge is 2.03. The van der Waals surface area contributed by atoms with Gasteiger partial charge in [-0.15, -0.1) is 0 Å². The number of nitrogens with one attached hydrogen (secondary N) is 2. The molecule has 0 atom stereocenters. The lowest BCUT2D eigenvalue weighted by molar-refractivity contribution is 0.0697. The molecule has 7 nitrogen and oxygen atoms in total. The molecule has 0 radical (unpaired) electrons. The zero-order valence-electron chi connectivity index (χ0n) is 12.0. The van der Waals surface area contributed by atoms with Gasteiger partial charge in [-0.1, -0.05) is 12.1 Å². The Labute approximate surface area is 128 Å². The first-order valence-corrected chi connectivity index (χ1v) is 6.96. The van der Waals surface area contributed by atoms with Crippen molar-refractivity contribution >= 4 is 12.0 Å². The number of amides is 2. The highest BCUT2D eigenvalue weighted by atomic mass is 16.4. The quantitative estimate of drug-likeness (QED) is 0.675. The normalized spacial score (nSPS) is 10.2. The molecule has 1 aromatic heterocycles. The van der Waals surface area contributed by atoms with E-state index < -0.39 is 5.97 Å². The topological polar surface area (TPSA) is 96.3 Å². The second-order valence-electron chi connectivity index (χ2n) is 4.73. The molecule has 1 heterocycles. The van der Waals surface area contributed by atoms with Gasteiger partial charge in [-0.05, 0) is 30.2 Å². The smallest absolute Gasteiger partial charge is 0.335 e. The van der Waals surface area contributed by atoms with Gasteiger partial charge in [0.15, 0.2) is 0 Å². The number of aryl methyl sites for hydroxylation is 1. The molecule has 7 heteroatoms. The van der Waals surface area contributed by atoms with Crippen LogP contribution in [0.15, 0.2) is 42.7 Å². The van der Waals surface area contributed by atoms with Gasteiger partial charge in [0.1, 0.15) is 0 Å². The number of carbonyl (C=O) groups is 2. The van der Waals surface area contributed by atoms with Gasteiger partial charge in [-0.3, -0.25) is 4.68 Å². The van der Waals surface area contributed by atoms with Crippen LogP contribution in [0.2, 0.25) is 0 Å². The van der Waals surface area contributed by atoms with Crippen LogP contribution in [-0.4, -0.2) is 33.4 Å². The van der Waals surface area contributed by atoms with Gasteiger partial charge in [0, 0.05) is 32.0 Å². The number of aromatic nitrogens is 2. The highest BCUT2D eigenvalue weighted by Crippen LogP contribution is 2.04. The number of hydrogen-bond acceptors (Lipinski definition) is 3. The van der Waals surface area contributed by atoms with Crippen LogP contribution in [-0.2, 0) is 13.1 Å². The predicted molar refractivity (Wildman–Crippen MR) is 80.5 cm³/mol. The van der Waals surface area contributed by atoms with Crippen LogP contribution in [0, 0.1) is 0 Å². The molecule has 0 saturated carbocycles. The van der Waals surface area contributed by atoms with E-state index in [1.165, 1.54) is 12.1 Å². The van der Waals surface area contributed by atoms with Crippen LogP contribution < -0.4 is 10.6 Å². The molecule has 0 aliphatic rings. The zero-order chi connectivity index (χ0) is 15.8. The Morgan fingerprint density at radius 1 is 1.18 bits per heavy atom. The number of rotatable bonds is 7. The summed E-state index contributed by atoms with van der Waals surface area (Å²) in [6.45, 7) is 1.67. The maximum Gasteiger partial charge on any atom is 0.335 e. The van der Waals surface area contributed by atoms with Crippen LogP contribution in [0.4, 0.5) is 4.79 Å². The number of aromatic carboxylic acids is 1. The number of carbonyl (C=O) groups excluding carboxylic acids is 1. The van der Waals surface area contributed by atoms with Gasteiger partial charge in [-0.2, -0.15) is 5.10 Å². The van der Waals surface area contributed by atoms with E-state index in [0.717, 1.165) is 18.5 Å². The van der Waals surface area contributed by atoms with Gasteiger partial charge < -0.3 is 15.7 Å². The Kier molecular flexibility index (Phi) is 5.53. The monoisotopic (exact) mass is 302 g/mol. The Hall–Kier alpha value is -2.83. The van der Waals surface area contributed by atoms with Crippen molar-refractivity contribution in [3.63, 3.8) is 0 Å². The summed E-state index contributed by atoms with van der Waals surface area (Å²) in [4.78, 5) is 22.3. The summed E-state index contributed by atoms with van der Waals surface area (Å²) < 4.78 is 1.81. The Morgan fingerprint density at radius 2 is 1.95 bits per heavy atom. The third-order valence-corrected chi connectivity index (χ3v) is 3.06. The van der Waals surface area contributed by atoms with Crippen LogP contribution >= 0.6 is 0 Å². The van der Waals surface area contributed by atoms with Crippen molar-refractivity contribution in [2.24, 2.45) is 0 Å². The molecule has 2 rings (SSSR count). The first-order valence-electron chi connectivity index (χ1n) is 6.96. The molecular weight excluding hydrogens is 284 g/mol. The number of carboxylic acids is 1. The Morgan fingerprint density at radius 3 is 2.59 bits per heavy atom. The molecule has 1 aromatic carbocycles. The van der Waals surface area contributed by atoms with E-state index >= 15 is 0 Å². The molecule has 3 N–H and O–H groups in total. The molecule has 0 unspecified atom stereocenters. The van der Waals surface area contributed by atoms with Gasteiger partial charge in [0.05, 0.1) is 5.56 Å². The van der Waals surface area contributed by atoms with E-state index in [0.29, 0.717) is 13.1 Å². The fourth-order valence-electron chi connectivity index (χ4n) is 1.89. The summed E-state index contributed by atoms with van der Waals surface area (Å²) in [7, 11) is 0. The lowest BCUT2D eigenvalue weighted by Crippen LogP contribution is -2.35. The average molecular weight is 302 g/mol. The minimum absolute atomic E-state index is 0.229. The SMILES string of the molecule is O=C(NCCCn1cccn1)NCc1ccc(C(=O)O)cc1. The third kappa shape index (κ3) is 4.93. The van der Waals surface area contributed by atoms with Crippen molar-refractivity contribution in [1.29, 1.82) is 0 Å². The van der Waals surface area contributed by atoms with Crippen LogP contribution in [0.3, 0.4) is 0 Å². The second-order valence-corrected chi connectivity index (χ2v) is 4.73. The fourth-order valence-corrected chi connectivity index (χ4v) is 1.89. The summed E-state index contributed by atoms with van der Waals surface area (Å²) in [6.07, 6.45) is 4.39. The second kappa shape index (κ2) is 7.82. The molecule has 0 spiro atoms. The van der Waals surface area contributed by atoms with Gasteiger partial charge >= 0.3 is 12.0 Å². The zero-order valence-corrected chi connectivity index (χ0v) is 12.0. The van der Waals surface area contributed by atoms with E-state index in [9.17, 15) is 9.59 Å². The minimum Gasteiger partial charge on any atom is -0.478 e. The van der Waals surface area contributed by atoms with Crippen molar-refractivity contribution < 1.29 is 14.7 Å². The van der Waals surface area contributed by atoms with Crippen LogP contribution in [0.1, 0.15) is 22.3 Å². The van der Waals surface area contributed by atoms with Gasteiger partial charge in [0.25, 0.3) is 0 Å². The van der Waals surface area contributed by atoms with Crippen LogP contribution in [0.25, 0.3) is 0 Å². The molecular formula is C15H18N4O3. The number of benzene rings is 1. The first-order chi connectivity index (χ1) is 10.6. The lowest BCUT2D eigenvalue weighted by Gasteiger charge is -2.08. The Bertz CT molecular complexity index is 608. The van der Waals surface area contributed by atoms with Crippen molar-refractivity contribution in [1.82, 2.24) is 20.4 Å². The van der Waals surface area contributed by atoms with E-state index in [2.05, 4.69) is 15.7 Å². The first kappa shape index (κ1) is 15.6. The number of carboxylic acid groups (broad SMARTS) is 1. The molecule has 0 aliphatic carbocycles. The summed E-state index contributed by atoms with van der Waals surface area (Å²) in [5.74, 6) is -0.963. The van der Waals surface area contributed by atoms with Crippen molar-refractivity contribution in [3.8, 4) is 0 Å². The molecule has 0 aliphatic heterocycles. The Balaban J connectivity index is 1.63. The maximum atomic E-state index is 11.6. The van der Waals surface area contributed by atoms with Crippen molar-refractivity contribution in [2.75, 3.05) is 6.54 Å². The molecule has 0 saturated heterocycles. The summed E-state index contributed by atoms with van der Waals surface area (Å²) >= 11 is 0. The minimum atomic E-state index is -0.963. The van der Waals surface area contributed by atoms with Crippen molar-refractivity contribution in [2.45, 2.75) is 19.5 Å². The molecule has 2 aromatic rings. The molecule has 2 amide bonds. The number of nitrogens with zero attached hydrogens (tertiary/aromatic N) is 2. The summed E-state index contributed by atoms with van der Waals surface area (Å²) in [5.41, 5.74) is 1.07. The fraction of sp³-hybridized carbons (Fsp3) is 0.267. The highest BCUT2D eigenvalue weighted by molar-refractivity contribution is 5.87. The van der Waals surface area contributed by atoms with Crippen molar-refractivity contribution in [3.05, 3.63) is 53.9 Å². The van der Waals surface area contributed by atoms with E-state index in [1.807, 2.05) is 16.9 Å². The summed E-state index contributed by atoms with van der Waals surface area (Å²) in [5, 5.41) is 18.4. The molecule has 0 bridgehead atoms.